The summed E-state index contributed by atoms with van der Waals surface area (Å²) in [6.45, 7) is 0. The fourth-order valence-corrected chi connectivity index (χ4v) is 6.77. The van der Waals surface area contributed by atoms with E-state index in [0.29, 0.717) is 17.5 Å². The van der Waals surface area contributed by atoms with Gasteiger partial charge in [-0.25, -0.2) is 25.3 Å². The molecule has 0 fully saturated rings. The summed E-state index contributed by atoms with van der Waals surface area (Å²) in [5.41, 5.74) is 4.61. The molecule has 0 radical (unpaired) electrons. The van der Waals surface area contributed by atoms with Crippen LogP contribution in [0.4, 0.5) is 34.1 Å². The molecule has 0 unspecified atom stereocenters. The van der Waals surface area contributed by atoms with Crippen LogP contribution in [0, 0.1) is 15.3 Å². The third-order valence-electron chi connectivity index (χ3n) is 7.02. The summed E-state index contributed by atoms with van der Waals surface area (Å²) < 4.78 is 106. The van der Waals surface area contributed by atoms with E-state index in [2.05, 4.69) is 15.3 Å². The molecule has 0 amide bonds. The van der Waals surface area contributed by atoms with Crippen LogP contribution in [0.2, 0.25) is 0 Å². The Kier molecular flexibility index (Phi) is 16.4. The zero-order valence-electron chi connectivity index (χ0n) is 28.3. The molecule has 54 heavy (non-hydrogen) atoms. The van der Waals surface area contributed by atoms with Crippen molar-refractivity contribution in [2.75, 3.05) is 5.73 Å². The molecule has 0 aliphatic carbocycles. The minimum absolute atomic E-state index is 0. The van der Waals surface area contributed by atoms with Crippen LogP contribution < -0.4 is 94.4 Å². The van der Waals surface area contributed by atoms with Gasteiger partial charge in [-0.3, -0.25) is 10.1 Å². The Morgan fingerprint density at radius 2 is 1.07 bits per heavy atom. The minimum atomic E-state index is -5.25. The first-order valence-corrected chi connectivity index (χ1v) is 18.1. The fourth-order valence-electron chi connectivity index (χ4n) is 4.70. The summed E-state index contributed by atoms with van der Waals surface area (Å²) in [5.74, 6) is 0. The van der Waals surface area contributed by atoms with Crippen molar-refractivity contribution >= 4 is 87.4 Å². The van der Waals surface area contributed by atoms with Gasteiger partial charge in [0.2, 0.25) is 5.69 Å². The molecular weight excluding hydrogens is 802 g/mol. The van der Waals surface area contributed by atoms with E-state index >= 15 is 0 Å². The molecule has 0 aliphatic rings. The number of benzene rings is 5. The van der Waals surface area contributed by atoms with Gasteiger partial charge in [0.05, 0.1) is 31.0 Å². The summed E-state index contributed by atoms with van der Waals surface area (Å²) in [5, 5.41) is 36.4. The third-order valence-corrected chi connectivity index (χ3v) is 9.70. The first kappa shape index (κ1) is 47.2. The van der Waals surface area contributed by atoms with Crippen LogP contribution in [0.5, 0.6) is 0 Å². The summed E-state index contributed by atoms with van der Waals surface area (Å²) in [6.07, 6.45) is 1.92. The van der Waals surface area contributed by atoms with Gasteiger partial charge >= 0.3 is 88.7 Å². The Bertz CT molecular complexity index is 2700. The van der Waals surface area contributed by atoms with Crippen LogP contribution in [0.15, 0.2) is 121 Å². The molecular formula is C30H19N6Na3O12S3. The second-order valence-corrected chi connectivity index (χ2v) is 14.4. The molecule has 0 aliphatic heterocycles. The number of nitro benzene ring substituents is 1. The van der Waals surface area contributed by atoms with Crippen LogP contribution in [0.25, 0.3) is 22.9 Å². The van der Waals surface area contributed by atoms with Crippen LogP contribution in [-0.4, -0.2) is 48.7 Å². The van der Waals surface area contributed by atoms with Crippen molar-refractivity contribution in [3.05, 3.63) is 117 Å². The normalized spacial score (nSPS) is 12.2. The van der Waals surface area contributed by atoms with Gasteiger partial charge in [-0.2, -0.15) is 0 Å². The fraction of sp³-hybridized carbons (Fsp3) is 0. The molecule has 0 bridgehead atoms. The number of nitro groups is 1. The second kappa shape index (κ2) is 18.8. The quantitative estimate of drug-likeness (QED) is 0.0210. The number of anilines is 1. The topological polar surface area (TPSA) is 304 Å². The molecule has 5 aromatic carbocycles. The van der Waals surface area contributed by atoms with E-state index in [-0.39, 0.29) is 133 Å². The van der Waals surface area contributed by atoms with Gasteiger partial charge in [-0.1, -0.05) is 41.3 Å². The Morgan fingerprint density at radius 1 is 0.574 bits per heavy atom. The number of nitrogen functional groups attached to an aromatic ring is 1. The predicted molar refractivity (Wildman–Crippen MR) is 177 cm³/mol. The van der Waals surface area contributed by atoms with Gasteiger partial charge in [-0.15, -0.1) is 10.2 Å². The van der Waals surface area contributed by atoms with Crippen molar-refractivity contribution in [2.24, 2.45) is 15.3 Å². The molecule has 262 valence electrons. The van der Waals surface area contributed by atoms with E-state index in [1.807, 2.05) is 0 Å². The van der Waals surface area contributed by atoms with E-state index in [9.17, 15) is 54.2 Å². The van der Waals surface area contributed by atoms with Gasteiger partial charge in [0.15, 0.2) is 0 Å². The molecule has 0 saturated heterocycles. The summed E-state index contributed by atoms with van der Waals surface area (Å²) >= 11 is 0. The zero-order valence-corrected chi connectivity index (χ0v) is 36.7. The van der Waals surface area contributed by atoms with E-state index in [0.717, 1.165) is 36.4 Å². The average molecular weight is 821 g/mol. The Balaban J connectivity index is 0.00000336. The number of hydrogen-bond donors (Lipinski definition) is 1. The number of non-ortho nitro benzene ring substituents is 1. The van der Waals surface area contributed by atoms with Gasteiger partial charge in [0.1, 0.15) is 41.7 Å². The van der Waals surface area contributed by atoms with Gasteiger partial charge in [0.25, 0.3) is 5.69 Å². The molecule has 0 saturated carbocycles. The molecule has 18 nitrogen and oxygen atoms in total. The van der Waals surface area contributed by atoms with E-state index in [1.54, 1.807) is 6.07 Å². The van der Waals surface area contributed by atoms with Gasteiger partial charge in [0, 0.05) is 40.2 Å². The molecule has 0 heterocycles. The number of nitrogens with two attached hydrogens (primary N) is 1. The SMILES string of the molecule is Nc1cc(N=[N+]([O-])c2ccc(/C=C/c3ccc([N+](=O)[O-])cc3S(=O)(=O)[O-])c(S(=O)(=O)[O-])c2)ccc1N=Nc1cccc2c(S(=O)(=O)[O-])cccc12.[Na+].[Na+].[Na+]. The molecule has 5 aromatic rings. The summed E-state index contributed by atoms with van der Waals surface area (Å²) in [4.78, 5) is 7.79. The van der Waals surface area contributed by atoms with Crippen molar-refractivity contribution < 1.29 is 137 Å². The standard InChI is InChI=1S/C30H22N6O12S3.3Na/c31-25-15-20(11-14-27(25)33-32-26-5-1-4-24-23(26)3-2-6-28(24)49(40,41)42)34-35(37)21-12-9-18(29(16-21)50(43,44)45)7-8-19-10-13-22(36(38)39)17-30(19)51(46,47)48;;;/h1-17H,31H2,(H,40,41,42)(H,43,44,45)(H,46,47,48);;;/q;3*+1/p-3/b8-7+,33-32?,35-34?;;;. The van der Waals surface area contributed by atoms with Crippen LogP contribution in [-0.2, 0) is 30.4 Å². The van der Waals surface area contributed by atoms with Crippen LogP contribution in [0.1, 0.15) is 11.1 Å². The number of nitrogens with zero attached hydrogens (tertiary/aromatic N) is 5. The van der Waals surface area contributed by atoms with E-state index < -0.39 is 61.3 Å². The molecule has 2 N–H and O–H groups in total. The average Bonchev–Trinajstić information content (AvgIpc) is 3.05. The molecule has 0 atom stereocenters. The number of rotatable bonds is 10. The van der Waals surface area contributed by atoms with E-state index in [1.165, 1.54) is 48.5 Å². The molecule has 0 aromatic heterocycles. The first-order valence-electron chi connectivity index (χ1n) is 13.8. The summed E-state index contributed by atoms with van der Waals surface area (Å²) in [6, 6.07) is 17.7. The van der Waals surface area contributed by atoms with Gasteiger partial charge in [-0.05, 0) is 53.6 Å². The maximum absolute atomic E-state index is 12.9. The monoisotopic (exact) mass is 820 g/mol. The van der Waals surface area contributed by atoms with Crippen molar-refractivity contribution in [3.8, 4) is 0 Å². The second-order valence-electron chi connectivity index (χ2n) is 10.3. The number of fused-ring (bicyclic) bond motifs is 1. The summed E-state index contributed by atoms with van der Waals surface area (Å²) in [7, 11) is -15.2. The van der Waals surface area contributed by atoms with Gasteiger partial charge < -0.3 is 24.6 Å². The molecule has 0 spiro atoms. The number of azo groups is 2. The largest absolute Gasteiger partial charge is 1.00 e. The number of hydrogen-bond acceptors (Lipinski definition) is 16. The zero-order chi connectivity index (χ0) is 37.3. The Morgan fingerprint density at radius 3 is 1.61 bits per heavy atom. The Labute approximate surface area is 373 Å². The first-order chi connectivity index (χ1) is 23.8. The van der Waals surface area contributed by atoms with Crippen molar-refractivity contribution in [1.82, 2.24) is 0 Å². The smallest absolute Gasteiger partial charge is 0.744 e. The van der Waals surface area contributed by atoms with E-state index in [4.69, 9.17) is 5.73 Å². The molecule has 5 rings (SSSR count). The predicted octanol–water partition coefficient (Wildman–Crippen LogP) is -3.43. The third kappa shape index (κ3) is 11.3. The van der Waals surface area contributed by atoms with Crippen molar-refractivity contribution in [1.29, 1.82) is 0 Å². The van der Waals surface area contributed by atoms with Crippen LogP contribution >= 0.6 is 0 Å². The maximum Gasteiger partial charge on any atom is 1.00 e. The van der Waals surface area contributed by atoms with Crippen molar-refractivity contribution in [3.63, 3.8) is 0 Å². The minimum Gasteiger partial charge on any atom is -0.744 e. The Hall–Kier alpha value is -2.97. The maximum atomic E-state index is 12.9. The van der Waals surface area contributed by atoms with Crippen molar-refractivity contribution in [2.45, 2.75) is 14.7 Å². The van der Waals surface area contributed by atoms with Crippen LogP contribution in [0.3, 0.4) is 0 Å². The molecule has 24 heteroatoms.